The molecule has 0 saturated heterocycles. The second-order valence-corrected chi connectivity index (χ2v) is 2.40. The predicted molar refractivity (Wildman–Crippen MR) is 41.1 cm³/mol. The summed E-state index contributed by atoms with van der Waals surface area (Å²) >= 11 is 10.4. The van der Waals surface area contributed by atoms with Crippen molar-refractivity contribution in [2.45, 2.75) is 0 Å². The van der Waals surface area contributed by atoms with Crippen LogP contribution < -0.4 is 4.74 Å². The number of halogens is 2. The Morgan fingerprint density at radius 3 is 2.73 bits per heavy atom. The van der Waals surface area contributed by atoms with E-state index in [1.807, 2.05) is 0 Å². The quantitative estimate of drug-likeness (QED) is 0.641. The van der Waals surface area contributed by atoms with E-state index in [1.165, 1.54) is 12.3 Å². The third kappa shape index (κ3) is 2.74. The van der Waals surface area contributed by atoms with Crippen molar-refractivity contribution < 1.29 is 9.53 Å². The molecule has 11 heavy (non-hydrogen) atoms. The molecule has 0 amide bonds. The highest BCUT2D eigenvalue weighted by Gasteiger charge is 1.99. The average molecular weight is 192 g/mol. The summed E-state index contributed by atoms with van der Waals surface area (Å²) in [6.45, 7) is 0. The largest absolute Gasteiger partial charge is 0.410 e. The van der Waals surface area contributed by atoms with Gasteiger partial charge in [-0.3, -0.25) is 0 Å². The lowest BCUT2D eigenvalue weighted by atomic mass is 10.5. The maximum atomic E-state index is 10.2. The summed E-state index contributed by atoms with van der Waals surface area (Å²) in [5.41, 5.74) is -0.917. The van der Waals surface area contributed by atoms with Crippen LogP contribution >= 0.6 is 23.2 Å². The standard InChI is InChI=1S/C6H3Cl2NO2/c7-4-1-2-5(9-3-4)11-6(8)10/h1-3H. The van der Waals surface area contributed by atoms with E-state index in [4.69, 9.17) is 23.2 Å². The van der Waals surface area contributed by atoms with Crippen LogP contribution in [0.1, 0.15) is 0 Å². The number of pyridine rings is 1. The van der Waals surface area contributed by atoms with E-state index in [1.54, 1.807) is 6.07 Å². The summed E-state index contributed by atoms with van der Waals surface area (Å²) in [7, 11) is 0. The first kappa shape index (κ1) is 8.30. The number of aromatic nitrogens is 1. The van der Waals surface area contributed by atoms with Gasteiger partial charge in [0.05, 0.1) is 5.02 Å². The average Bonchev–Trinajstić information content (AvgIpc) is 1.93. The Morgan fingerprint density at radius 1 is 1.55 bits per heavy atom. The van der Waals surface area contributed by atoms with E-state index >= 15 is 0 Å². The fraction of sp³-hybridized carbons (Fsp3) is 0. The SMILES string of the molecule is O=C(Cl)Oc1ccc(Cl)cn1. The molecule has 1 rings (SSSR count). The lowest BCUT2D eigenvalue weighted by molar-refractivity contribution is 0.224. The lowest BCUT2D eigenvalue weighted by Crippen LogP contribution is -1.97. The minimum Gasteiger partial charge on any atom is -0.395 e. The molecule has 0 aliphatic carbocycles. The number of rotatable bonds is 1. The van der Waals surface area contributed by atoms with Crippen molar-refractivity contribution >= 4 is 28.6 Å². The number of carbonyl (C=O) groups is 1. The third-order valence-electron chi connectivity index (χ3n) is 0.885. The van der Waals surface area contributed by atoms with Crippen LogP contribution in [0.5, 0.6) is 5.88 Å². The van der Waals surface area contributed by atoms with Crippen molar-refractivity contribution in [2.24, 2.45) is 0 Å². The zero-order valence-corrected chi connectivity index (χ0v) is 6.76. The second kappa shape index (κ2) is 3.55. The van der Waals surface area contributed by atoms with E-state index in [2.05, 4.69) is 9.72 Å². The Balaban J connectivity index is 2.74. The molecule has 0 N–H and O–H groups in total. The van der Waals surface area contributed by atoms with Crippen molar-refractivity contribution in [2.75, 3.05) is 0 Å². The molecule has 1 heterocycles. The van der Waals surface area contributed by atoms with E-state index in [0.29, 0.717) is 5.02 Å². The van der Waals surface area contributed by atoms with Crippen LogP contribution in [-0.4, -0.2) is 10.4 Å². The molecule has 5 heteroatoms. The van der Waals surface area contributed by atoms with E-state index in [-0.39, 0.29) is 5.88 Å². The summed E-state index contributed by atoms with van der Waals surface area (Å²) in [5.74, 6) is 0.134. The smallest absolute Gasteiger partial charge is 0.395 e. The predicted octanol–water partition coefficient (Wildman–Crippen LogP) is 2.47. The van der Waals surface area contributed by atoms with Gasteiger partial charge in [-0.2, -0.15) is 0 Å². The summed E-state index contributed by atoms with van der Waals surface area (Å²) < 4.78 is 4.43. The Labute approximate surface area is 72.9 Å². The van der Waals surface area contributed by atoms with Gasteiger partial charge < -0.3 is 4.74 Å². The molecule has 0 aliphatic heterocycles. The number of carbonyl (C=O) groups excluding carboxylic acids is 1. The van der Waals surface area contributed by atoms with Gasteiger partial charge in [0.15, 0.2) is 0 Å². The van der Waals surface area contributed by atoms with Crippen LogP contribution in [0.3, 0.4) is 0 Å². The number of hydrogen-bond acceptors (Lipinski definition) is 3. The number of nitrogens with zero attached hydrogens (tertiary/aromatic N) is 1. The third-order valence-corrected chi connectivity index (χ3v) is 1.19. The minimum atomic E-state index is -0.917. The van der Waals surface area contributed by atoms with Gasteiger partial charge in [-0.05, 0) is 6.07 Å². The summed E-state index contributed by atoms with van der Waals surface area (Å²) in [6, 6.07) is 2.99. The van der Waals surface area contributed by atoms with Gasteiger partial charge in [0.1, 0.15) is 0 Å². The second-order valence-electron chi connectivity index (χ2n) is 1.65. The summed E-state index contributed by atoms with van der Waals surface area (Å²) in [5, 5.41) is 0.472. The molecular weight excluding hydrogens is 189 g/mol. The molecule has 3 nitrogen and oxygen atoms in total. The molecule has 0 atom stereocenters. The van der Waals surface area contributed by atoms with Crippen LogP contribution in [0, 0.1) is 0 Å². The molecule has 58 valence electrons. The molecular formula is C6H3Cl2NO2. The van der Waals surface area contributed by atoms with Crippen molar-refractivity contribution in [3.05, 3.63) is 23.4 Å². The highest BCUT2D eigenvalue weighted by molar-refractivity contribution is 6.61. The van der Waals surface area contributed by atoms with Crippen LogP contribution in [0.15, 0.2) is 18.3 Å². The molecule has 0 spiro atoms. The van der Waals surface area contributed by atoms with Crippen LogP contribution in [-0.2, 0) is 0 Å². The summed E-state index contributed by atoms with van der Waals surface area (Å²) in [4.78, 5) is 13.8. The lowest BCUT2D eigenvalue weighted by Gasteiger charge is -1.96. The maximum Gasteiger partial charge on any atom is 0.410 e. The molecule has 1 aromatic rings. The van der Waals surface area contributed by atoms with E-state index in [9.17, 15) is 4.79 Å². The van der Waals surface area contributed by atoms with E-state index in [0.717, 1.165) is 0 Å². The molecule has 0 aliphatic rings. The molecule has 0 unspecified atom stereocenters. The Morgan fingerprint density at radius 2 is 2.27 bits per heavy atom. The zero-order chi connectivity index (χ0) is 8.27. The minimum absolute atomic E-state index is 0.134. The monoisotopic (exact) mass is 191 g/mol. The Hall–Kier alpha value is -0.800. The van der Waals surface area contributed by atoms with Crippen LogP contribution in [0.4, 0.5) is 4.79 Å². The first-order valence-corrected chi connectivity index (χ1v) is 3.43. The van der Waals surface area contributed by atoms with Gasteiger partial charge in [-0.1, -0.05) is 11.6 Å². The number of hydrogen-bond donors (Lipinski definition) is 0. The van der Waals surface area contributed by atoms with Crippen LogP contribution in [0.25, 0.3) is 0 Å². The first-order chi connectivity index (χ1) is 5.18. The fourth-order valence-electron chi connectivity index (χ4n) is 0.505. The maximum absolute atomic E-state index is 10.2. The normalized spacial score (nSPS) is 9.27. The van der Waals surface area contributed by atoms with E-state index < -0.39 is 5.43 Å². The van der Waals surface area contributed by atoms with Crippen molar-refractivity contribution in [1.82, 2.24) is 4.98 Å². The van der Waals surface area contributed by atoms with Gasteiger partial charge in [-0.15, -0.1) is 0 Å². The highest BCUT2D eigenvalue weighted by atomic mass is 35.5. The zero-order valence-electron chi connectivity index (χ0n) is 5.25. The van der Waals surface area contributed by atoms with Crippen molar-refractivity contribution in [3.8, 4) is 5.88 Å². The van der Waals surface area contributed by atoms with Gasteiger partial charge in [0.25, 0.3) is 0 Å². The van der Waals surface area contributed by atoms with Gasteiger partial charge >= 0.3 is 5.43 Å². The van der Waals surface area contributed by atoms with Crippen molar-refractivity contribution in [3.63, 3.8) is 0 Å². The molecule has 0 bridgehead atoms. The fourth-order valence-corrected chi connectivity index (χ4v) is 0.696. The molecule has 1 aromatic heterocycles. The Bertz CT molecular complexity index is 260. The first-order valence-electron chi connectivity index (χ1n) is 2.67. The summed E-state index contributed by atoms with van der Waals surface area (Å²) in [6.07, 6.45) is 1.36. The Kier molecular flexibility index (Phi) is 2.68. The molecule has 0 fully saturated rings. The van der Waals surface area contributed by atoms with Gasteiger partial charge in [-0.25, -0.2) is 9.78 Å². The van der Waals surface area contributed by atoms with Crippen LogP contribution in [0.2, 0.25) is 5.02 Å². The highest BCUT2D eigenvalue weighted by Crippen LogP contribution is 2.11. The van der Waals surface area contributed by atoms with Gasteiger partial charge in [0.2, 0.25) is 5.88 Å². The molecule has 0 radical (unpaired) electrons. The number of ether oxygens (including phenoxy) is 1. The molecule has 0 saturated carbocycles. The topological polar surface area (TPSA) is 39.2 Å². The van der Waals surface area contributed by atoms with Crippen molar-refractivity contribution in [1.29, 1.82) is 0 Å². The molecule has 0 aromatic carbocycles. The van der Waals surface area contributed by atoms with Gasteiger partial charge in [0, 0.05) is 23.9 Å².